The normalized spacial score (nSPS) is 10.8. The average molecular weight is 284 g/mol. The number of benzene rings is 2. The molecule has 0 heterocycles. The van der Waals surface area contributed by atoms with E-state index in [9.17, 15) is 17.6 Å². The van der Waals surface area contributed by atoms with Crippen LogP contribution in [0.15, 0.2) is 42.5 Å². The average Bonchev–Trinajstić information content (AvgIpc) is 2.35. The molecule has 0 saturated carbocycles. The Bertz CT molecular complexity index is 564. The molecule has 0 N–H and O–H groups in total. The van der Waals surface area contributed by atoms with E-state index in [0.29, 0.717) is 18.4 Å². The summed E-state index contributed by atoms with van der Waals surface area (Å²) >= 11 is 0. The summed E-state index contributed by atoms with van der Waals surface area (Å²) in [6, 6.07) is 9.57. The number of aryl methyl sites for hydroxylation is 2. The third-order valence-corrected chi connectivity index (χ3v) is 2.75. The maximum atomic E-state index is 13.0. The predicted octanol–water partition coefficient (Wildman–Crippen LogP) is 4.35. The molecular weight excluding hydrogens is 272 g/mol. The molecule has 0 aliphatic heterocycles. The molecule has 2 aromatic rings. The van der Waals surface area contributed by atoms with Gasteiger partial charge in [0.25, 0.3) is 0 Å². The Morgan fingerprint density at radius 2 is 1.50 bits per heavy atom. The monoisotopic (exact) mass is 284 g/mol. The molecular formula is C15H12F4O. The minimum absolute atomic E-state index is 0.0722. The Balaban J connectivity index is 2.03. The maximum absolute atomic E-state index is 13.0. The fourth-order valence-corrected chi connectivity index (χ4v) is 1.92. The molecule has 106 valence electrons. The number of hydrogen-bond acceptors (Lipinski definition) is 1. The van der Waals surface area contributed by atoms with Gasteiger partial charge in [-0.25, -0.2) is 8.78 Å². The van der Waals surface area contributed by atoms with Crippen LogP contribution in [0.5, 0.6) is 5.75 Å². The van der Waals surface area contributed by atoms with E-state index in [1.807, 2.05) is 0 Å². The third-order valence-electron chi connectivity index (χ3n) is 2.75. The number of hydrogen-bond donors (Lipinski definition) is 0. The van der Waals surface area contributed by atoms with E-state index in [1.54, 1.807) is 12.1 Å². The van der Waals surface area contributed by atoms with E-state index >= 15 is 0 Å². The van der Waals surface area contributed by atoms with Crippen molar-refractivity contribution in [1.29, 1.82) is 0 Å². The molecule has 0 aliphatic carbocycles. The summed E-state index contributed by atoms with van der Waals surface area (Å²) in [5, 5.41) is 0. The largest absolute Gasteiger partial charge is 0.435 e. The van der Waals surface area contributed by atoms with Gasteiger partial charge in [-0.15, -0.1) is 0 Å². The smallest absolute Gasteiger partial charge is 0.387 e. The van der Waals surface area contributed by atoms with Crippen LogP contribution < -0.4 is 4.74 Å². The molecule has 0 unspecified atom stereocenters. The van der Waals surface area contributed by atoms with E-state index in [1.165, 1.54) is 24.3 Å². The summed E-state index contributed by atoms with van der Waals surface area (Å²) in [7, 11) is 0. The van der Waals surface area contributed by atoms with Gasteiger partial charge in [0.2, 0.25) is 0 Å². The van der Waals surface area contributed by atoms with Crippen molar-refractivity contribution in [2.75, 3.05) is 0 Å². The van der Waals surface area contributed by atoms with Crippen molar-refractivity contribution in [3.8, 4) is 5.75 Å². The van der Waals surface area contributed by atoms with Crippen LogP contribution in [-0.4, -0.2) is 6.61 Å². The van der Waals surface area contributed by atoms with Crippen LogP contribution in [0.1, 0.15) is 11.1 Å². The molecule has 0 amide bonds. The summed E-state index contributed by atoms with van der Waals surface area (Å²) in [5.74, 6) is -1.19. The van der Waals surface area contributed by atoms with Gasteiger partial charge in [-0.2, -0.15) is 8.78 Å². The standard InChI is InChI=1S/C15H12F4O/c16-12-6-11(7-13(17)9-12)5-4-10-2-1-3-14(8-10)20-15(18)19/h1-3,6-9,15H,4-5H2. The van der Waals surface area contributed by atoms with Crippen molar-refractivity contribution >= 4 is 0 Å². The molecule has 0 saturated heterocycles. The second kappa shape index (κ2) is 6.41. The summed E-state index contributed by atoms with van der Waals surface area (Å²) < 4.78 is 54.5. The van der Waals surface area contributed by atoms with Crippen LogP contribution >= 0.6 is 0 Å². The highest BCUT2D eigenvalue weighted by Gasteiger charge is 2.05. The lowest BCUT2D eigenvalue weighted by Gasteiger charge is -2.07. The summed E-state index contributed by atoms with van der Waals surface area (Å²) in [4.78, 5) is 0. The lowest BCUT2D eigenvalue weighted by Crippen LogP contribution is -2.02. The molecule has 2 aromatic carbocycles. The van der Waals surface area contributed by atoms with Crippen LogP contribution in [-0.2, 0) is 12.8 Å². The molecule has 0 aliphatic rings. The van der Waals surface area contributed by atoms with Gasteiger partial charge in [0, 0.05) is 6.07 Å². The topological polar surface area (TPSA) is 9.23 Å². The molecule has 2 rings (SSSR count). The lowest BCUT2D eigenvalue weighted by molar-refractivity contribution is -0.0498. The van der Waals surface area contributed by atoms with E-state index in [-0.39, 0.29) is 5.75 Å². The Morgan fingerprint density at radius 3 is 2.15 bits per heavy atom. The summed E-state index contributed by atoms with van der Waals surface area (Å²) in [5.41, 5.74) is 1.27. The van der Waals surface area contributed by atoms with Crippen LogP contribution in [0, 0.1) is 11.6 Å². The number of alkyl halides is 2. The first kappa shape index (κ1) is 14.4. The fraction of sp³-hybridized carbons (Fsp3) is 0.200. The molecule has 5 heteroatoms. The zero-order valence-corrected chi connectivity index (χ0v) is 10.5. The Hall–Kier alpha value is -2.04. The van der Waals surface area contributed by atoms with Gasteiger partial charge in [0.05, 0.1) is 0 Å². The molecule has 0 aromatic heterocycles. The first-order chi connectivity index (χ1) is 9.52. The minimum Gasteiger partial charge on any atom is -0.435 e. The van der Waals surface area contributed by atoms with Crippen molar-refractivity contribution in [3.63, 3.8) is 0 Å². The zero-order valence-electron chi connectivity index (χ0n) is 10.5. The first-order valence-electron chi connectivity index (χ1n) is 6.01. The van der Waals surface area contributed by atoms with Gasteiger partial charge in [-0.3, -0.25) is 0 Å². The maximum Gasteiger partial charge on any atom is 0.387 e. The van der Waals surface area contributed by atoms with Crippen molar-refractivity contribution in [3.05, 3.63) is 65.2 Å². The van der Waals surface area contributed by atoms with Gasteiger partial charge < -0.3 is 4.74 Å². The molecule has 0 spiro atoms. The van der Waals surface area contributed by atoms with E-state index < -0.39 is 18.2 Å². The third kappa shape index (κ3) is 4.26. The number of halogens is 4. The van der Waals surface area contributed by atoms with Crippen LogP contribution in [0.3, 0.4) is 0 Å². The molecule has 0 atom stereocenters. The Kier molecular flexibility index (Phi) is 4.61. The predicted molar refractivity (Wildman–Crippen MR) is 66.8 cm³/mol. The van der Waals surface area contributed by atoms with Crippen molar-refractivity contribution in [2.24, 2.45) is 0 Å². The number of rotatable bonds is 5. The van der Waals surface area contributed by atoms with E-state index in [0.717, 1.165) is 11.6 Å². The van der Waals surface area contributed by atoms with Crippen LogP contribution in [0.4, 0.5) is 17.6 Å². The second-order valence-corrected chi connectivity index (χ2v) is 4.30. The molecule has 20 heavy (non-hydrogen) atoms. The van der Waals surface area contributed by atoms with Crippen molar-refractivity contribution in [2.45, 2.75) is 19.5 Å². The minimum atomic E-state index is -2.87. The lowest BCUT2D eigenvalue weighted by atomic mass is 10.0. The Morgan fingerprint density at radius 1 is 0.850 bits per heavy atom. The van der Waals surface area contributed by atoms with Gasteiger partial charge >= 0.3 is 6.61 Å². The summed E-state index contributed by atoms with van der Waals surface area (Å²) in [6.07, 6.45) is 0.885. The molecule has 0 fully saturated rings. The van der Waals surface area contributed by atoms with Crippen molar-refractivity contribution < 1.29 is 22.3 Å². The first-order valence-corrected chi connectivity index (χ1v) is 6.01. The van der Waals surface area contributed by atoms with E-state index in [2.05, 4.69) is 4.74 Å². The zero-order chi connectivity index (χ0) is 14.5. The van der Waals surface area contributed by atoms with Gasteiger partial charge in [-0.05, 0) is 48.2 Å². The van der Waals surface area contributed by atoms with Gasteiger partial charge in [0.15, 0.2) is 0 Å². The van der Waals surface area contributed by atoms with Crippen LogP contribution in [0.25, 0.3) is 0 Å². The summed E-state index contributed by atoms with van der Waals surface area (Å²) in [6.45, 7) is -2.87. The van der Waals surface area contributed by atoms with Gasteiger partial charge in [0.1, 0.15) is 17.4 Å². The Labute approximate surface area is 113 Å². The highest BCUT2D eigenvalue weighted by atomic mass is 19.3. The molecule has 1 nitrogen and oxygen atoms in total. The molecule has 0 radical (unpaired) electrons. The highest BCUT2D eigenvalue weighted by molar-refractivity contribution is 5.29. The van der Waals surface area contributed by atoms with E-state index in [4.69, 9.17) is 0 Å². The number of ether oxygens (including phenoxy) is 1. The SMILES string of the molecule is Fc1cc(F)cc(CCc2cccc(OC(F)F)c2)c1. The quantitative estimate of drug-likeness (QED) is 0.742. The fourth-order valence-electron chi connectivity index (χ4n) is 1.92. The van der Waals surface area contributed by atoms with Gasteiger partial charge in [-0.1, -0.05) is 12.1 Å². The highest BCUT2D eigenvalue weighted by Crippen LogP contribution is 2.18. The van der Waals surface area contributed by atoms with Crippen molar-refractivity contribution in [1.82, 2.24) is 0 Å². The molecule has 0 bridgehead atoms. The second-order valence-electron chi connectivity index (χ2n) is 4.30. The van der Waals surface area contributed by atoms with Crippen LogP contribution in [0.2, 0.25) is 0 Å².